The number of carbonyl (C=O) groups is 2. The maximum absolute atomic E-state index is 13.8. The number of nitrogens with one attached hydrogen (secondary N) is 1. The first-order valence-corrected chi connectivity index (χ1v) is 12.7. The van der Waals surface area contributed by atoms with Crippen LogP contribution < -0.4 is 10.2 Å². The number of benzene rings is 2. The Morgan fingerprint density at radius 1 is 1.00 bits per heavy atom. The molecule has 0 aliphatic heterocycles. The first-order chi connectivity index (χ1) is 16.4. The monoisotopic (exact) mass is 471 g/mol. The molecule has 1 aliphatic rings. The van der Waals surface area contributed by atoms with E-state index in [1.807, 2.05) is 57.2 Å². The van der Waals surface area contributed by atoms with Gasteiger partial charge in [0.05, 0.1) is 10.4 Å². The fourth-order valence-corrected chi connectivity index (χ4v) is 5.88. The Hall–Kier alpha value is -3.25. The standard InChI is InChI=1S/C28H29N3O2S/c1-17-11-18(2)13-23(12-17)31(16-25(32)29-22-9-4-5-10-22)28(33)24-15-21-14-20-8-6-7-19(3)26(20)30-27(21)34-24/h6-8,11-15,22H,4-5,9-10,16H2,1-3H3,(H,29,32). The quantitative estimate of drug-likeness (QED) is 0.384. The summed E-state index contributed by atoms with van der Waals surface area (Å²) < 4.78 is 0. The maximum atomic E-state index is 13.8. The molecule has 2 aromatic heterocycles. The number of carbonyl (C=O) groups excluding carboxylic acids is 2. The highest BCUT2D eigenvalue weighted by molar-refractivity contribution is 7.20. The molecule has 2 aromatic carbocycles. The van der Waals surface area contributed by atoms with Crippen LogP contribution in [0.5, 0.6) is 0 Å². The highest BCUT2D eigenvalue weighted by atomic mass is 32.1. The Morgan fingerprint density at radius 2 is 1.74 bits per heavy atom. The van der Waals surface area contributed by atoms with Crippen LogP contribution in [-0.2, 0) is 4.79 Å². The molecule has 5 nitrogen and oxygen atoms in total. The van der Waals surface area contributed by atoms with Crippen molar-refractivity contribution >= 4 is 50.0 Å². The molecule has 0 unspecified atom stereocenters. The summed E-state index contributed by atoms with van der Waals surface area (Å²) in [6.07, 6.45) is 4.32. The molecule has 174 valence electrons. The van der Waals surface area contributed by atoms with Gasteiger partial charge in [0, 0.05) is 22.5 Å². The molecule has 2 heterocycles. The molecule has 4 aromatic rings. The third kappa shape index (κ3) is 4.55. The zero-order valence-corrected chi connectivity index (χ0v) is 20.7. The van der Waals surface area contributed by atoms with Crippen LogP contribution in [0.15, 0.2) is 48.5 Å². The largest absolute Gasteiger partial charge is 0.352 e. The lowest BCUT2D eigenvalue weighted by molar-refractivity contribution is -0.120. The van der Waals surface area contributed by atoms with E-state index in [0.29, 0.717) is 4.88 Å². The van der Waals surface area contributed by atoms with Crippen LogP contribution in [0.25, 0.3) is 21.1 Å². The number of thiophene rings is 1. The molecule has 1 saturated carbocycles. The van der Waals surface area contributed by atoms with Crippen molar-refractivity contribution in [1.29, 1.82) is 0 Å². The molecule has 34 heavy (non-hydrogen) atoms. The lowest BCUT2D eigenvalue weighted by Gasteiger charge is -2.24. The number of pyridine rings is 1. The summed E-state index contributed by atoms with van der Waals surface area (Å²) in [4.78, 5) is 34.6. The SMILES string of the molecule is Cc1cc(C)cc(N(CC(=O)NC2CCCC2)C(=O)c2cc3cc4cccc(C)c4nc3s2)c1. The number of hydrogen-bond acceptors (Lipinski definition) is 4. The van der Waals surface area contributed by atoms with Gasteiger partial charge in [0.25, 0.3) is 5.91 Å². The smallest absolute Gasteiger partial charge is 0.268 e. The molecule has 0 saturated heterocycles. The summed E-state index contributed by atoms with van der Waals surface area (Å²) in [5, 5.41) is 5.14. The lowest BCUT2D eigenvalue weighted by atomic mass is 10.1. The zero-order valence-electron chi connectivity index (χ0n) is 19.9. The molecular formula is C28H29N3O2S. The van der Waals surface area contributed by atoms with Crippen molar-refractivity contribution < 1.29 is 9.59 Å². The Morgan fingerprint density at radius 3 is 2.47 bits per heavy atom. The summed E-state index contributed by atoms with van der Waals surface area (Å²) in [5.41, 5.74) is 4.93. The molecule has 5 rings (SSSR count). The van der Waals surface area contributed by atoms with Crippen molar-refractivity contribution in [3.63, 3.8) is 0 Å². The van der Waals surface area contributed by atoms with E-state index in [1.165, 1.54) is 11.3 Å². The van der Waals surface area contributed by atoms with Crippen LogP contribution in [0.2, 0.25) is 0 Å². The Balaban J connectivity index is 1.51. The minimum atomic E-state index is -0.171. The van der Waals surface area contributed by atoms with Gasteiger partial charge in [-0.15, -0.1) is 11.3 Å². The summed E-state index contributed by atoms with van der Waals surface area (Å²) >= 11 is 1.39. The Labute approximate surface area is 203 Å². The summed E-state index contributed by atoms with van der Waals surface area (Å²) in [6.45, 7) is 6.07. The van der Waals surface area contributed by atoms with Crippen LogP contribution in [0, 0.1) is 20.8 Å². The predicted octanol–water partition coefficient (Wildman–Crippen LogP) is 6.08. The van der Waals surface area contributed by atoms with Gasteiger partial charge < -0.3 is 5.32 Å². The molecule has 0 spiro atoms. The first-order valence-electron chi connectivity index (χ1n) is 11.9. The number of hydrogen-bond donors (Lipinski definition) is 1. The highest BCUT2D eigenvalue weighted by Crippen LogP contribution is 2.31. The molecule has 1 N–H and O–H groups in total. The average molecular weight is 472 g/mol. The Bertz CT molecular complexity index is 1380. The molecule has 1 fully saturated rings. The number of fused-ring (bicyclic) bond motifs is 2. The predicted molar refractivity (Wildman–Crippen MR) is 140 cm³/mol. The van der Waals surface area contributed by atoms with E-state index in [-0.39, 0.29) is 24.4 Å². The number of nitrogens with zero attached hydrogens (tertiary/aromatic N) is 2. The molecule has 0 bridgehead atoms. The van der Waals surface area contributed by atoms with Crippen molar-refractivity contribution in [2.45, 2.75) is 52.5 Å². The van der Waals surface area contributed by atoms with E-state index in [9.17, 15) is 9.59 Å². The topological polar surface area (TPSA) is 62.3 Å². The molecule has 6 heteroatoms. The minimum absolute atomic E-state index is 0.000976. The fourth-order valence-electron chi connectivity index (χ4n) is 4.92. The summed E-state index contributed by atoms with van der Waals surface area (Å²) in [7, 11) is 0. The first kappa shape index (κ1) is 22.5. The highest BCUT2D eigenvalue weighted by Gasteiger charge is 2.25. The van der Waals surface area contributed by atoms with Gasteiger partial charge >= 0.3 is 0 Å². The fraction of sp³-hybridized carbons (Fsp3) is 0.321. The molecule has 0 radical (unpaired) electrons. The van der Waals surface area contributed by atoms with Crippen molar-refractivity contribution in [2.75, 3.05) is 11.4 Å². The van der Waals surface area contributed by atoms with E-state index in [0.717, 1.165) is 69.2 Å². The van der Waals surface area contributed by atoms with E-state index < -0.39 is 0 Å². The maximum Gasteiger partial charge on any atom is 0.268 e. The van der Waals surface area contributed by atoms with Crippen molar-refractivity contribution in [2.24, 2.45) is 0 Å². The number of aryl methyl sites for hydroxylation is 3. The molecule has 0 atom stereocenters. The van der Waals surface area contributed by atoms with Crippen molar-refractivity contribution in [3.8, 4) is 0 Å². The van der Waals surface area contributed by atoms with E-state index in [2.05, 4.69) is 17.4 Å². The number of aromatic nitrogens is 1. The average Bonchev–Trinajstić information content (AvgIpc) is 3.45. The molecule has 2 amide bonds. The van der Waals surface area contributed by atoms with Crippen LogP contribution in [-0.4, -0.2) is 29.4 Å². The third-order valence-electron chi connectivity index (χ3n) is 6.53. The zero-order chi connectivity index (χ0) is 23.8. The van der Waals surface area contributed by atoms with E-state index in [1.54, 1.807) is 4.90 Å². The van der Waals surface area contributed by atoms with Crippen LogP contribution in [0.3, 0.4) is 0 Å². The minimum Gasteiger partial charge on any atom is -0.352 e. The van der Waals surface area contributed by atoms with Crippen LogP contribution in [0.1, 0.15) is 52.0 Å². The van der Waals surface area contributed by atoms with Gasteiger partial charge in [0.2, 0.25) is 5.91 Å². The van der Waals surface area contributed by atoms with Gasteiger partial charge in [-0.05, 0) is 74.6 Å². The van der Waals surface area contributed by atoms with Gasteiger partial charge in [-0.1, -0.05) is 37.1 Å². The lowest BCUT2D eigenvalue weighted by Crippen LogP contribution is -2.43. The van der Waals surface area contributed by atoms with Gasteiger partial charge in [-0.3, -0.25) is 14.5 Å². The normalized spacial score (nSPS) is 14.1. The van der Waals surface area contributed by atoms with Gasteiger partial charge in [0.15, 0.2) is 0 Å². The van der Waals surface area contributed by atoms with Gasteiger partial charge in [-0.2, -0.15) is 0 Å². The van der Waals surface area contributed by atoms with E-state index in [4.69, 9.17) is 4.98 Å². The molecular weight excluding hydrogens is 442 g/mol. The number of anilines is 1. The van der Waals surface area contributed by atoms with E-state index >= 15 is 0 Å². The molecule has 1 aliphatic carbocycles. The van der Waals surface area contributed by atoms with Gasteiger partial charge in [-0.25, -0.2) is 4.98 Å². The van der Waals surface area contributed by atoms with Crippen LogP contribution >= 0.6 is 11.3 Å². The number of amides is 2. The third-order valence-corrected chi connectivity index (χ3v) is 7.56. The van der Waals surface area contributed by atoms with Crippen molar-refractivity contribution in [1.82, 2.24) is 10.3 Å². The summed E-state index contributed by atoms with van der Waals surface area (Å²) in [6, 6.07) is 16.3. The number of rotatable bonds is 5. The van der Waals surface area contributed by atoms with Gasteiger partial charge in [0.1, 0.15) is 11.4 Å². The second kappa shape index (κ2) is 9.18. The summed E-state index contributed by atoms with van der Waals surface area (Å²) in [5.74, 6) is -0.282. The second-order valence-corrected chi connectivity index (χ2v) is 10.5. The second-order valence-electron chi connectivity index (χ2n) is 9.43. The van der Waals surface area contributed by atoms with Crippen LogP contribution in [0.4, 0.5) is 5.69 Å². The Kier molecular flexibility index (Phi) is 6.09. The van der Waals surface area contributed by atoms with Crippen molar-refractivity contribution in [3.05, 3.63) is 70.1 Å². The number of para-hydroxylation sites is 1.